The molecule has 12 heavy (non-hydrogen) atoms. The van der Waals surface area contributed by atoms with Crippen molar-refractivity contribution in [3.8, 4) is 0 Å². The third kappa shape index (κ3) is 1.61. The fourth-order valence-electron chi connectivity index (χ4n) is 1.54. The van der Waals surface area contributed by atoms with Crippen molar-refractivity contribution in [2.45, 2.75) is 44.4 Å². The molecule has 0 aromatic carbocycles. The number of aliphatic hydroxyl groups excluding tert-OH is 2. The van der Waals surface area contributed by atoms with E-state index in [1.165, 1.54) is 7.11 Å². The number of aliphatic hydroxyl groups is 2. The molecule has 1 aliphatic rings. The summed E-state index contributed by atoms with van der Waals surface area (Å²) in [5.74, 6) is 0. The summed E-state index contributed by atoms with van der Waals surface area (Å²) in [7, 11) is 1.52. The molecule has 0 bridgehead atoms. The van der Waals surface area contributed by atoms with E-state index in [1.54, 1.807) is 13.8 Å². The Labute approximate surface area is 72.1 Å². The van der Waals surface area contributed by atoms with Gasteiger partial charge >= 0.3 is 0 Å². The van der Waals surface area contributed by atoms with Gasteiger partial charge in [0, 0.05) is 13.5 Å². The Balaban J connectivity index is 2.72. The average molecular weight is 176 g/mol. The number of hydrogen-bond donors (Lipinski definition) is 2. The first-order chi connectivity index (χ1) is 5.49. The lowest BCUT2D eigenvalue weighted by atomic mass is 9.89. The molecule has 2 N–H and O–H groups in total. The summed E-state index contributed by atoms with van der Waals surface area (Å²) in [6.07, 6.45) is -1.62. The predicted molar refractivity (Wildman–Crippen MR) is 42.6 cm³/mol. The van der Waals surface area contributed by atoms with Gasteiger partial charge in [0.15, 0.2) is 6.29 Å². The number of hydrogen-bond acceptors (Lipinski definition) is 4. The first kappa shape index (κ1) is 9.92. The lowest BCUT2D eigenvalue weighted by Gasteiger charge is -2.42. The van der Waals surface area contributed by atoms with Gasteiger partial charge in [-0.15, -0.1) is 0 Å². The topological polar surface area (TPSA) is 58.9 Å². The lowest BCUT2D eigenvalue weighted by molar-refractivity contribution is -0.263. The zero-order valence-corrected chi connectivity index (χ0v) is 7.65. The van der Waals surface area contributed by atoms with Crippen LogP contribution in [0.25, 0.3) is 0 Å². The van der Waals surface area contributed by atoms with Gasteiger partial charge < -0.3 is 19.7 Å². The molecule has 1 heterocycles. The van der Waals surface area contributed by atoms with Crippen LogP contribution in [0.5, 0.6) is 0 Å². The van der Waals surface area contributed by atoms with E-state index in [1.807, 2.05) is 0 Å². The Morgan fingerprint density at radius 1 is 1.50 bits per heavy atom. The highest BCUT2D eigenvalue weighted by atomic mass is 16.6. The maximum absolute atomic E-state index is 9.65. The molecule has 4 nitrogen and oxygen atoms in total. The van der Waals surface area contributed by atoms with Crippen molar-refractivity contribution in [1.82, 2.24) is 0 Å². The monoisotopic (exact) mass is 176 g/mol. The van der Waals surface area contributed by atoms with Gasteiger partial charge in [-0.05, 0) is 13.8 Å². The second-order valence-corrected chi connectivity index (χ2v) is 3.46. The molecule has 1 aliphatic heterocycles. The summed E-state index contributed by atoms with van der Waals surface area (Å²) in [5.41, 5.74) is -0.697. The van der Waals surface area contributed by atoms with Gasteiger partial charge in [0.25, 0.3) is 0 Å². The van der Waals surface area contributed by atoms with Crippen molar-refractivity contribution in [3.63, 3.8) is 0 Å². The van der Waals surface area contributed by atoms with Crippen LogP contribution < -0.4 is 0 Å². The molecule has 0 unspecified atom stereocenters. The van der Waals surface area contributed by atoms with Gasteiger partial charge in [-0.2, -0.15) is 0 Å². The lowest BCUT2D eigenvalue weighted by Crippen LogP contribution is -2.55. The molecule has 0 aliphatic carbocycles. The molecule has 0 aromatic heterocycles. The molecule has 0 spiro atoms. The van der Waals surface area contributed by atoms with Crippen LogP contribution in [0.2, 0.25) is 0 Å². The largest absolute Gasteiger partial charge is 0.387 e. The van der Waals surface area contributed by atoms with E-state index in [4.69, 9.17) is 9.47 Å². The highest BCUT2D eigenvalue weighted by Gasteiger charge is 2.44. The maximum atomic E-state index is 9.65. The number of methoxy groups -OCH3 is 1. The molecular formula is C8H16O4. The highest BCUT2D eigenvalue weighted by Crippen LogP contribution is 2.30. The first-order valence-electron chi connectivity index (χ1n) is 4.06. The maximum Gasteiger partial charge on any atom is 0.157 e. The molecule has 0 amide bonds. The van der Waals surface area contributed by atoms with E-state index < -0.39 is 24.1 Å². The molecule has 4 atom stereocenters. The van der Waals surface area contributed by atoms with E-state index >= 15 is 0 Å². The van der Waals surface area contributed by atoms with Gasteiger partial charge in [0.05, 0.1) is 11.7 Å². The molecule has 1 fully saturated rings. The number of rotatable bonds is 1. The smallest absolute Gasteiger partial charge is 0.157 e. The molecule has 0 saturated carbocycles. The van der Waals surface area contributed by atoms with Gasteiger partial charge in [-0.1, -0.05) is 0 Å². The van der Waals surface area contributed by atoms with Gasteiger partial charge in [0.2, 0.25) is 0 Å². The van der Waals surface area contributed by atoms with Gasteiger partial charge in [-0.25, -0.2) is 0 Å². The molecule has 0 radical (unpaired) electrons. The highest BCUT2D eigenvalue weighted by molar-refractivity contribution is 4.91. The normalized spacial score (nSPS) is 49.2. The molecule has 72 valence electrons. The summed E-state index contributed by atoms with van der Waals surface area (Å²) < 4.78 is 10.2. The van der Waals surface area contributed by atoms with Crippen LogP contribution in [0, 0.1) is 0 Å². The zero-order chi connectivity index (χ0) is 9.35. The minimum atomic E-state index is -0.839. The molecule has 0 aromatic rings. The summed E-state index contributed by atoms with van der Waals surface area (Å²) in [6.45, 7) is 3.48. The van der Waals surface area contributed by atoms with Crippen molar-refractivity contribution in [3.05, 3.63) is 0 Å². The summed E-state index contributed by atoms with van der Waals surface area (Å²) in [5, 5.41) is 18.9. The van der Waals surface area contributed by atoms with Crippen LogP contribution in [0.4, 0.5) is 0 Å². The fourth-order valence-corrected chi connectivity index (χ4v) is 1.54. The third-order valence-electron chi connectivity index (χ3n) is 2.49. The van der Waals surface area contributed by atoms with E-state index in [2.05, 4.69) is 0 Å². The van der Waals surface area contributed by atoms with Crippen LogP contribution >= 0.6 is 0 Å². The van der Waals surface area contributed by atoms with Crippen molar-refractivity contribution in [2.75, 3.05) is 7.11 Å². The minimum absolute atomic E-state index is 0.301. The van der Waals surface area contributed by atoms with Crippen molar-refractivity contribution in [2.24, 2.45) is 0 Å². The molecular weight excluding hydrogens is 160 g/mol. The van der Waals surface area contributed by atoms with Crippen LogP contribution in [0.15, 0.2) is 0 Å². The van der Waals surface area contributed by atoms with Gasteiger partial charge in [0.1, 0.15) is 6.10 Å². The van der Waals surface area contributed by atoms with Crippen LogP contribution in [0.3, 0.4) is 0 Å². The van der Waals surface area contributed by atoms with E-state index in [0.717, 1.165) is 0 Å². The van der Waals surface area contributed by atoms with Crippen molar-refractivity contribution in [1.29, 1.82) is 0 Å². The summed E-state index contributed by atoms with van der Waals surface area (Å²) >= 11 is 0. The van der Waals surface area contributed by atoms with Crippen molar-refractivity contribution < 1.29 is 19.7 Å². The standard InChI is InChI=1S/C8H16O4/c1-5-7(10)8(2,11-3)4-6(9)12-5/h5-7,9-10H,4H2,1-3H3/t5-,6-,7-,8+/m0/s1. The third-order valence-corrected chi connectivity index (χ3v) is 2.49. The second-order valence-electron chi connectivity index (χ2n) is 3.46. The Bertz CT molecular complexity index is 161. The Kier molecular flexibility index (Phi) is 2.73. The molecule has 4 heteroatoms. The number of ether oxygens (including phenoxy) is 2. The van der Waals surface area contributed by atoms with Crippen LogP contribution in [-0.2, 0) is 9.47 Å². The Morgan fingerprint density at radius 3 is 2.58 bits per heavy atom. The fraction of sp³-hybridized carbons (Fsp3) is 1.00. The average Bonchev–Trinajstić information content (AvgIpc) is 2.00. The van der Waals surface area contributed by atoms with Gasteiger partial charge in [-0.3, -0.25) is 0 Å². The molecule has 1 saturated heterocycles. The SMILES string of the molecule is CO[C@]1(C)C[C@@H](O)O[C@@H](C)[C@@H]1O. The van der Waals surface area contributed by atoms with Crippen LogP contribution in [-0.4, -0.2) is 41.4 Å². The van der Waals surface area contributed by atoms with E-state index in [9.17, 15) is 10.2 Å². The zero-order valence-electron chi connectivity index (χ0n) is 7.65. The molecule has 1 rings (SSSR count). The summed E-state index contributed by atoms with van der Waals surface area (Å²) in [4.78, 5) is 0. The van der Waals surface area contributed by atoms with Crippen LogP contribution in [0.1, 0.15) is 20.3 Å². The van der Waals surface area contributed by atoms with E-state index in [0.29, 0.717) is 6.42 Å². The predicted octanol–water partition coefficient (Wildman–Crippen LogP) is -0.120. The summed E-state index contributed by atoms with van der Waals surface area (Å²) in [6, 6.07) is 0. The van der Waals surface area contributed by atoms with Crippen molar-refractivity contribution >= 4 is 0 Å². The van der Waals surface area contributed by atoms with E-state index in [-0.39, 0.29) is 0 Å². The second kappa shape index (κ2) is 3.30. The minimum Gasteiger partial charge on any atom is -0.387 e. The quantitative estimate of drug-likeness (QED) is 0.584. The Hall–Kier alpha value is -0.160. The first-order valence-corrected chi connectivity index (χ1v) is 4.06. The Morgan fingerprint density at radius 2 is 2.08 bits per heavy atom.